The molecule has 0 saturated heterocycles. The monoisotopic (exact) mass is 1010 g/mol. The lowest BCUT2D eigenvalue weighted by Crippen LogP contribution is -2.37. The molecule has 0 radical (unpaired) electrons. The van der Waals surface area contributed by atoms with Crippen LogP contribution in [0.15, 0.2) is 0 Å². The van der Waals surface area contributed by atoms with Gasteiger partial charge in [0.25, 0.3) is 0 Å². The minimum Gasteiger partial charge on any atom is -0.462 e. The van der Waals surface area contributed by atoms with Gasteiger partial charge in [0.1, 0.15) is 46.2 Å². The van der Waals surface area contributed by atoms with Crippen LogP contribution in [0.2, 0.25) is 0 Å². The molecule has 1 N–H and O–H groups in total. The van der Waals surface area contributed by atoms with Crippen LogP contribution in [0.1, 0.15) is 194 Å². The van der Waals surface area contributed by atoms with E-state index in [4.69, 9.17) is 37.5 Å². The summed E-state index contributed by atoms with van der Waals surface area (Å²) in [7, 11) is 1.36. The zero-order valence-electron chi connectivity index (χ0n) is 44.7. The molecule has 0 aliphatic heterocycles. The third-order valence-electron chi connectivity index (χ3n) is 11.0. The van der Waals surface area contributed by atoms with Gasteiger partial charge in [-0.1, -0.05) is 166 Å². The van der Waals surface area contributed by atoms with Crippen molar-refractivity contribution >= 4 is 19.8 Å². The Hall–Kier alpha value is -2.91. The summed E-state index contributed by atoms with van der Waals surface area (Å²) >= 11 is 0. The number of phosphoric acid groups is 1. The van der Waals surface area contributed by atoms with Crippen LogP contribution < -0.4 is 0 Å². The lowest BCUT2D eigenvalue weighted by Gasteiger charge is -2.24. The van der Waals surface area contributed by atoms with E-state index in [0.717, 1.165) is 77.4 Å². The third-order valence-corrected chi connectivity index (χ3v) is 12.0. The minimum atomic E-state index is -4.43. The largest absolute Gasteiger partial charge is 0.472 e. The Kier molecular flexibility index (Phi) is 48.9. The van der Waals surface area contributed by atoms with Crippen LogP contribution in [0, 0.1) is 47.4 Å². The Bertz CT molecular complexity index is 1550. The molecule has 0 rings (SSSR count). The van der Waals surface area contributed by atoms with Gasteiger partial charge in [-0.2, -0.15) is 0 Å². The number of nitrogens with zero attached hydrogens (tertiary/aromatic N) is 1. The van der Waals surface area contributed by atoms with E-state index in [1.54, 1.807) is 0 Å². The van der Waals surface area contributed by atoms with E-state index >= 15 is 0 Å². The number of rotatable bonds is 48. The topological polar surface area (TPSA) is 145 Å². The van der Waals surface area contributed by atoms with Crippen molar-refractivity contribution < 1.29 is 61.0 Å². The Balaban J connectivity index is 4.26. The van der Waals surface area contributed by atoms with Crippen molar-refractivity contribution in [2.75, 3.05) is 100 Å². The smallest absolute Gasteiger partial charge is 0.462 e. The molecule has 402 valence electrons. The summed E-state index contributed by atoms with van der Waals surface area (Å²) in [6, 6.07) is 0. The Morgan fingerprint density at radius 2 is 0.800 bits per heavy atom. The van der Waals surface area contributed by atoms with E-state index in [9.17, 15) is 19.0 Å². The van der Waals surface area contributed by atoms with Crippen molar-refractivity contribution in [3.63, 3.8) is 0 Å². The molecule has 0 aliphatic carbocycles. The number of esters is 2. The lowest BCUT2D eigenvalue weighted by molar-refractivity contribution is -0.870. The minimum absolute atomic E-state index is 0.00469. The standard InChI is InChI=1S/C56H96NO12P/c1-6-8-10-12-14-16-22-32-43-62-47-36-26-28-38-49-64-45-34-24-18-20-30-40-55(58)66-52-54(53-68-70(60,61)67-51-42-57(3,4)5)69-56(59)41-31-21-19-25-35-46-65-50-39-29-27-37-48-63-44-33-23-17-15-13-11-9-7-2/h54H,6-25,30-35,40-53H2,1-5H3/p+1/t54-/m1/s1. The van der Waals surface area contributed by atoms with Crippen molar-refractivity contribution in [1.82, 2.24) is 0 Å². The molecule has 0 spiro atoms. The summed E-state index contributed by atoms with van der Waals surface area (Å²) in [6.45, 7) is 8.37. The van der Waals surface area contributed by atoms with Crippen molar-refractivity contribution in [2.45, 2.75) is 200 Å². The fraction of sp³-hybridized carbons (Fsp3) is 0.821. The van der Waals surface area contributed by atoms with Gasteiger partial charge >= 0.3 is 19.8 Å². The molecule has 0 aromatic rings. The van der Waals surface area contributed by atoms with Gasteiger partial charge in [0.05, 0.1) is 27.7 Å². The molecule has 70 heavy (non-hydrogen) atoms. The van der Waals surface area contributed by atoms with Gasteiger partial charge in [0, 0.05) is 39.3 Å². The van der Waals surface area contributed by atoms with Crippen LogP contribution >= 0.6 is 7.82 Å². The number of phosphoric ester groups is 1. The van der Waals surface area contributed by atoms with E-state index in [0.29, 0.717) is 63.5 Å². The fourth-order valence-electron chi connectivity index (χ4n) is 6.76. The number of quaternary nitrogens is 1. The van der Waals surface area contributed by atoms with Crippen LogP contribution in [0.4, 0.5) is 0 Å². The van der Waals surface area contributed by atoms with E-state index < -0.39 is 32.5 Å². The van der Waals surface area contributed by atoms with Crippen molar-refractivity contribution in [2.24, 2.45) is 0 Å². The van der Waals surface area contributed by atoms with Gasteiger partial charge in [0.15, 0.2) is 6.10 Å². The first-order valence-electron chi connectivity index (χ1n) is 27.0. The highest BCUT2D eigenvalue weighted by Gasteiger charge is 2.27. The maximum absolute atomic E-state index is 12.7. The van der Waals surface area contributed by atoms with E-state index in [1.165, 1.54) is 89.9 Å². The molecular formula is C56H97NO12P+. The highest BCUT2D eigenvalue weighted by Crippen LogP contribution is 2.43. The number of ether oxygens (including phenoxy) is 6. The van der Waals surface area contributed by atoms with Crippen molar-refractivity contribution in [3.05, 3.63) is 0 Å². The maximum Gasteiger partial charge on any atom is 0.472 e. The Morgan fingerprint density at radius 3 is 1.17 bits per heavy atom. The number of hydrogen-bond acceptors (Lipinski definition) is 11. The molecule has 0 heterocycles. The van der Waals surface area contributed by atoms with Crippen LogP contribution in [0.25, 0.3) is 0 Å². The fourth-order valence-corrected chi connectivity index (χ4v) is 7.50. The van der Waals surface area contributed by atoms with Crippen molar-refractivity contribution in [3.8, 4) is 47.4 Å². The predicted octanol–water partition coefficient (Wildman–Crippen LogP) is 11.3. The summed E-state index contributed by atoms with van der Waals surface area (Å²) in [5.41, 5.74) is 0. The molecule has 0 bridgehead atoms. The Morgan fingerprint density at radius 1 is 0.457 bits per heavy atom. The van der Waals surface area contributed by atoms with Crippen LogP contribution in [0.5, 0.6) is 0 Å². The average Bonchev–Trinajstić information content (AvgIpc) is 3.32. The SMILES string of the molecule is CCCCCCCCCCOCC#CC#CCOCCCCCCCC(=O)OC[C@H](COP(=O)(O)OCC[N+](C)(C)C)OC(=O)CCCCCCCOCC#CC#CCOCCCCCCCCCC. The molecule has 0 fully saturated rings. The molecule has 2 atom stereocenters. The van der Waals surface area contributed by atoms with Gasteiger partial charge in [-0.25, -0.2) is 4.57 Å². The molecular weight excluding hydrogens is 910 g/mol. The quantitative estimate of drug-likeness (QED) is 0.0204. The zero-order chi connectivity index (χ0) is 51.3. The number of likely N-dealkylation sites (N-methyl/N-ethyl adjacent to an activating group) is 1. The number of unbranched alkanes of at least 4 members (excludes halogenated alkanes) is 22. The number of hydrogen-bond donors (Lipinski definition) is 1. The maximum atomic E-state index is 12.7. The van der Waals surface area contributed by atoms with Crippen LogP contribution in [-0.2, 0) is 51.6 Å². The normalized spacial score (nSPS) is 12.3. The van der Waals surface area contributed by atoms with Gasteiger partial charge in [0.2, 0.25) is 0 Å². The summed E-state index contributed by atoms with van der Waals surface area (Å²) in [6.07, 6.45) is 28.2. The zero-order valence-corrected chi connectivity index (χ0v) is 45.6. The first kappa shape index (κ1) is 67.1. The molecule has 0 aromatic carbocycles. The highest BCUT2D eigenvalue weighted by atomic mass is 31.2. The van der Waals surface area contributed by atoms with E-state index in [-0.39, 0.29) is 26.1 Å². The second-order valence-electron chi connectivity index (χ2n) is 18.8. The highest BCUT2D eigenvalue weighted by molar-refractivity contribution is 7.47. The van der Waals surface area contributed by atoms with Gasteiger partial charge in [-0.05, 0) is 62.2 Å². The van der Waals surface area contributed by atoms with Gasteiger partial charge in [-0.3, -0.25) is 18.6 Å². The van der Waals surface area contributed by atoms with Crippen LogP contribution in [0.3, 0.4) is 0 Å². The second-order valence-corrected chi connectivity index (χ2v) is 20.3. The summed E-state index contributed by atoms with van der Waals surface area (Å²) in [5.74, 6) is 21.9. The molecule has 0 aliphatic rings. The molecule has 13 nitrogen and oxygen atoms in total. The molecule has 0 saturated carbocycles. The lowest BCUT2D eigenvalue weighted by atomic mass is 10.1. The van der Waals surface area contributed by atoms with E-state index in [1.807, 2.05) is 21.1 Å². The first-order valence-corrected chi connectivity index (χ1v) is 28.5. The summed E-state index contributed by atoms with van der Waals surface area (Å²) in [5, 5.41) is 0. The second kappa shape index (κ2) is 51.0. The molecule has 0 amide bonds. The van der Waals surface area contributed by atoms with Gasteiger partial charge < -0.3 is 37.8 Å². The Labute approximate surface area is 426 Å². The number of carbonyl (C=O) groups excluding carboxylic acids is 2. The first-order chi connectivity index (χ1) is 34.0. The summed E-state index contributed by atoms with van der Waals surface area (Å²) in [4.78, 5) is 35.5. The number of carbonyl (C=O) groups is 2. The molecule has 14 heteroatoms. The van der Waals surface area contributed by atoms with Crippen molar-refractivity contribution in [1.29, 1.82) is 0 Å². The third kappa shape index (κ3) is 54.4. The molecule has 1 unspecified atom stereocenters. The average molecular weight is 1010 g/mol. The van der Waals surface area contributed by atoms with Crippen LogP contribution in [-0.4, -0.2) is 128 Å². The summed E-state index contributed by atoms with van der Waals surface area (Å²) < 4.78 is 56.6. The van der Waals surface area contributed by atoms with E-state index in [2.05, 4.69) is 61.2 Å². The predicted molar refractivity (Wildman–Crippen MR) is 280 cm³/mol. The molecule has 0 aromatic heterocycles. The van der Waals surface area contributed by atoms with Gasteiger partial charge in [-0.15, -0.1) is 0 Å².